The maximum absolute atomic E-state index is 13.3. The van der Waals surface area contributed by atoms with Crippen LogP contribution in [0.5, 0.6) is 0 Å². The van der Waals surface area contributed by atoms with Gasteiger partial charge >= 0.3 is 0 Å². The van der Waals surface area contributed by atoms with E-state index in [1.165, 1.54) is 30.3 Å². The largest absolute Gasteiger partial charge is 0.452 e. The molecule has 2 aromatic carbocycles. The average molecular weight is 307 g/mol. The molecule has 106 valence electrons. The van der Waals surface area contributed by atoms with Gasteiger partial charge in [-0.15, -0.1) is 0 Å². The fourth-order valence-electron chi connectivity index (χ4n) is 2.20. The second-order valence-corrected chi connectivity index (χ2v) is 5.06. The SMILES string of the molecule is Cc1c(C(=O)c2cc(F)ccc2Cl)oc2ccc(F)cc12. The minimum absolute atomic E-state index is 0.0132. The fourth-order valence-corrected chi connectivity index (χ4v) is 2.41. The van der Waals surface area contributed by atoms with Crippen LogP contribution in [0.1, 0.15) is 21.7 Å². The lowest BCUT2D eigenvalue weighted by Gasteiger charge is -2.02. The van der Waals surface area contributed by atoms with Gasteiger partial charge < -0.3 is 4.42 Å². The number of rotatable bonds is 2. The van der Waals surface area contributed by atoms with Gasteiger partial charge in [-0.2, -0.15) is 0 Å². The molecule has 1 aromatic heterocycles. The Bertz CT molecular complexity index is 868. The van der Waals surface area contributed by atoms with E-state index in [-0.39, 0.29) is 16.3 Å². The lowest BCUT2D eigenvalue weighted by atomic mass is 10.0. The Labute approximate surface area is 123 Å². The van der Waals surface area contributed by atoms with E-state index in [4.69, 9.17) is 16.0 Å². The van der Waals surface area contributed by atoms with Gasteiger partial charge in [-0.1, -0.05) is 11.6 Å². The number of carbonyl (C=O) groups is 1. The Morgan fingerprint density at radius 1 is 1.10 bits per heavy atom. The Hall–Kier alpha value is -2.20. The van der Waals surface area contributed by atoms with Crippen LogP contribution < -0.4 is 0 Å². The summed E-state index contributed by atoms with van der Waals surface area (Å²) in [6.07, 6.45) is 0. The monoisotopic (exact) mass is 306 g/mol. The van der Waals surface area contributed by atoms with Crippen LogP contribution >= 0.6 is 11.6 Å². The molecule has 21 heavy (non-hydrogen) atoms. The summed E-state index contributed by atoms with van der Waals surface area (Å²) >= 11 is 5.93. The van der Waals surface area contributed by atoms with Gasteiger partial charge in [0.25, 0.3) is 0 Å². The standard InChI is InChI=1S/C16H9ClF2O2/c1-8-11-6-10(19)3-5-14(11)21-16(8)15(20)12-7-9(18)2-4-13(12)17/h2-7H,1H3. The van der Waals surface area contributed by atoms with Gasteiger partial charge in [-0.3, -0.25) is 4.79 Å². The van der Waals surface area contributed by atoms with Crippen LogP contribution in [0.15, 0.2) is 40.8 Å². The van der Waals surface area contributed by atoms with Gasteiger partial charge in [0.05, 0.1) is 5.02 Å². The third kappa shape index (κ3) is 2.32. The predicted octanol–water partition coefficient (Wildman–Crippen LogP) is 4.90. The molecule has 3 aromatic rings. The number of ketones is 1. The van der Waals surface area contributed by atoms with Gasteiger partial charge in [-0.05, 0) is 43.3 Å². The number of furan rings is 1. The van der Waals surface area contributed by atoms with Crippen molar-refractivity contribution in [1.29, 1.82) is 0 Å². The first-order valence-electron chi connectivity index (χ1n) is 6.16. The topological polar surface area (TPSA) is 30.2 Å². The molecule has 0 saturated carbocycles. The fraction of sp³-hybridized carbons (Fsp3) is 0.0625. The molecular formula is C16H9ClF2O2. The molecule has 0 fully saturated rings. The molecule has 3 rings (SSSR count). The van der Waals surface area contributed by atoms with Crippen molar-refractivity contribution in [2.24, 2.45) is 0 Å². The highest BCUT2D eigenvalue weighted by Gasteiger charge is 2.22. The number of halogens is 3. The molecular weight excluding hydrogens is 298 g/mol. The highest BCUT2D eigenvalue weighted by molar-refractivity contribution is 6.35. The Morgan fingerprint density at radius 2 is 1.76 bits per heavy atom. The van der Waals surface area contributed by atoms with E-state index < -0.39 is 17.4 Å². The lowest BCUT2D eigenvalue weighted by molar-refractivity contribution is 0.101. The molecule has 0 saturated heterocycles. The summed E-state index contributed by atoms with van der Waals surface area (Å²) in [5.74, 6) is -1.49. The van der Waals surface area contributed by atoms with Crippen LogP contribution in [-0.4, -0.2) is 5.78 Å². The van der Waals surface area contributed by atoms with E-state index >= 15 is 0 Å². The summed E-state index contributed by atoms with van der Waals surface area (Å²) in [6, 6.07) is 7.51. The molecule has 1 heterocycles. The van der Waals surface area contributed by atoms with Gasteiger partial charge in [0.15, 0.2) is 5.76 Å². The number of carbonyl (C=O) groups excluding carboxylic acids is 1. The van der Waals surface area contributed by atoms with Crippen molar-refractivity contribution < 1.29 is 18.0 Å². The first-order valence-corrected chi connectivity index (χ1v) is 6.53. The zero-order valence-corrected chi connectivity index (χ0v) is 11.7. The molecule has 0 amide bonds. The quantitative estimate of drug-likeness (QED) is 0.630. The molecule has 0 atom stereocenters. The first-order chi connectivity index (χ1) is 9.97. The summed E-state index contributed by atoms with van der Waals surface area (Å²) in [5.41, 5.74) is 0.902. The van der Waals surface area contributed by atoms with E-state index in [9.17, 15) is 13.6 Å². The maximum Gasteiger partial charge on any atom is 0.230 e. The van der Waals surface area contributed by atoms with Crippen molar-refractivity contribution in [3.63, 3.8) is 0 Å². The summed E-state index contributed by atoms with van der Waals surface area (Å²) in [4.78, 5) is 12.5. The summed E-state index contributed by atoms with van der Waals surface area (Å²) in [5, 5.41) is 0.637. The highest BCUT2D eigenvalue weighted by atomic mass is 35.5. The summed E-state index contributed by atoms with van der Waals surface area (Å²) in [6.45, 7) is 1.64. The van der Waals surface area contributed by atoms with Crippen LogP contribution in [0.2, 0.25) is 5.02 Å². The Morgan fingerprint density at radius 3 is 2.52 bits per heavy atom. The van der Waals surface area contributed by atoms with E-state index in [2.05, 4.69) is 0 Å². The molecule has 0 unspecified atom stereocenters. The molecule has 0 bridgehead atoms. The zero-order chi connectivity index (χ0) is 15.1. The van der Waals surface area contributed by atoms with Crippen LogP contribution in [-0.2, 0) is 0 Å². The van der Waals surface area contributed by atoms with E-state index in [0.717, 1.165) is 6.07 Å². The number of aryl methyl sites for hydroxylation is 1. The van der Waals surface area contributed by atoms with E-state index in [0.29, 0.717) is 16.5 Å². The van der Waals surface area contributed by atoms with Crippen molar-refractivity contribution >= 4 is 28.4 Å². The smallest absolute Gasteiger partial charge is 0.230 e. The molecule has 0 radical (unpaired) electrons. The highest BCUT2D eigenvalue weighted by Crippen LogP contribution is 2.29. The summed E-state index contributed by atoms with van der Waals surface area (Å²) in [7, 11) is 0. The molecule has 0 aliphatic rings. The molecule has 5 heteroatoms. The van der Waals surface area contributed by atoms with Gasteiger partial charge in [0.1, 0.15) is 17.2 Å². The van der Waals surface area contributed by atoms with Crippen molar-refractivity contribution in [2.75, 3.05) is 0 Å². The van der Waals surface area contributed by atoms with Gasteiger partial charge in [-0.25, -0.2) is 8.78 Å². The van der Waals surface area contributed by atoms with Crippen molar-refractivity contribution in [1.82, 2.24) is 0 Å². The second-order valence-electron chi connectivity index (χ2n) is 4.65. The molecule has 0 aliphatic carbocycles. The molecule has 0 spiro atoms. The number of benzene rings is 2. The minimum atomic E-state index is -0.567. The second kappa shape index (κ2) is 4.97. The van der Waals surface area contributed by atoms with E-state index in [1.807, 2.05) is 0 Å². The zero-order valence-electron chi connectivity index (χ0n) is 10.9. The van der Waals surface area contributed by atoms with Gasteiger partial charge in [0, 0.05) is 16.5 Å². The average Bonchev–Trinajstić information content (AvgIpc) is 2.78. The molecule has 0 N–H and O–H groups in total. The van der Waals surface area contributed by atoms with E-state index in [1.54, 1.807) is 6.92 Å². The minimum Gasteiger partial charge on any atom is -0.452 e. The first kappa shape index (κ1) is 13.8. The van der Waals surface area contributed by atoms with Crippen molar-refractivity contribution in [2.45, 2.75) is 6.92 Å². The molecule has 2 nitrogen and oxygen atoms in total. The maximum atomic E-state index is 13.3. The normalized spacial score (nSPS) is 11.0. The van der Waals surface area contributed by atoms with Crippen molar-refractivity contribution in [3.8, 4) is 0 Å². The van der Waals surface area contributed by atoms with Crippen LogP contribution in [0, 0.1) is 18.6 Å². The number of fused-ring (bicyclic) bond motifs is 1. The van der Waals surface area contributed by atoms with Crippen LogP contribution in [0.3, 0.4) is 0 Å². The third-order valence-electron chi connectivity index (χ3n) is 3.28. The Kier molecular flexibility index (Phi) is 3.26. The van der Waals surface area contributed by atoms with Crippen LogP contribution in [0.25, 0.3) is 11.0 Å². The molecule has 0 aliphatic heterocycles. The summed E-state index contributed by atoms with van der Waals surface area (Å²) < 4.78 is 32.0. The number of hydrogen-bond acceptors (Lipinski definition) is 2. The predicted molar refractivity (Wildman–Crippen MR) is 75.8 cm³/mol. The van der Waals surface area contributed by atoms with Gasteiger partial charge in [0.2, 0.25) is 5.78 Å². The lowest BCUT2D eigenvalue weighted by Crippen LogP contribution is -2.03. The van der Waals surface area contributed by atoms with Crippen molar-refractivity contribution in [3.05, 3.63) is 69.9 Å². The third-order valence-corrected chi connectivity index (χ3v) is 3.61. The Balaban J connectivity index is 2.18. The number of hydrogen-bond donors (Lipinski definition) is 0. The van der Waals surface area contributed by atoms with Crippen LogP contribution in [0.4, 0.5) is 8.78 Å².